The van der Waals surface area contributed by atoms with Gasteiger partial charge in [-0.2, -0.15) is 0 Å². The fourth-order valence-electron chi connectivity index (χ4n) is 4.75. The van der Waals surface area contributed by atoms with Crippen molar-refractivity contribution in [2.45, 2.75) is 51.5 Å². The van der Waals surface area contributed by atoms with Gasteiger partial charge in [0.25, 0.3) is 5.91 Å². The van der Waals surface area contributed by atoms with E-state index < -0.39 is 0 Å². The normalized spacial score (nSPS) is 28.8. The lowest BCUT2D eigenvalue weighted by atomic mass is 9.53. The predicted molar refractivity (Wildman–Crippen MR) is 97.5 cm³/mol. The Labute approximate surface area is 147 Å². The van der Waals surface area contributed by atoms with Crippen molar-refractivity contribution in [2.75, 3.05) is 0 Å². The molecule has 0 spiro atoms. The molecule has 0 saturated heterocycles. The number of nitrogens with zero attached hydrogens (tertiary/aromatic N) is 1. The Hall–Kier alpha value is -1.68. The molecular weight excluding hydrogens is 316 g/mol. The van der Waals surface area contributed by atoms with Crippen molar-refractivity contribution < 1.29 is 4.79 Å². The molecule has 4 atom stereocenters. The van der Waals surface area contributed by atoms with Crippen LogP contribution in [0.2, 0.25) is 0 Å². The monoisotopic (exact) mass is 340 g/mol. The van der Waals surface area contributed by atoms with E-state index in [-0.39, 0.29) is 11.9 Å². The van der Waals surface area contributed by atoms with Gasteiger partial charge in [-0.1, -0.05) is 43.2 Å². The number of rotatable bonds is 3. The number of carbonyl (C=O) groups is 1. The van der Waals surface area contributed by atoms with Gasteiger partial charge in [-0.25, -0.2) is 4.98 Å². The van der Waals surface area contributed by atoms with Gasteiger partial charge in [0.2, 0.25) is 0 Å². The second kappa shape index (κ2) is 6.32. The minimum absolute atomic E-state index is 0.0630. The topological polar surface area (TPSA) is 42.0 Å². The molecule has 0 unspecified atom stereocenters. The van der Waals surface area contributed by atoms with Crippen LogP contribution < -0.4 is 5.32 Å². The zero-order valence-electron chi connectivity index (χ0n) is 14.3. The average molecular weight is 340 g/mol. The fourth-order valence-corrected chi connectivity index (χ4v) is 5.58. The molecule has 0 aliphatic heterocycles. The van der Waals surface area contributed by atoms with Gasteiger partial charge in [-0.05, 0) is 44.1 Å². The number of aromatic nitrogens is 1. The number of thiazole rings is 1. The maximum Gasteiger partial charge on any atom is 0.263 e. The maximum atomic E-state index is 12.8. The first kappa shape index (κ1) is 15.8. The second-order valence-corrected chi connectivity index (χ2v) is 8.40. The van der Waals surface area contributed by atoms with Crippen LogP contribution in [0, 0.1) is 25.7 Å². The largest absolute Gasteiger partial charge is 0.348 e. The molecule has 4 rings (SSSR count). The highest BCUT2D eigenvalue weighted by Crippen LogP contribution is 2.54. The van der Waals surface area contributed by atoms with Crippen molar-refractivity contribution in [1.29, 1.82) is 0 Å². The van der Waals surface area contributed by atoms with Gasteiger partial charge >= 0.3 is 0 Å². The Kier molecular flexibility index (Phi) is 4.17. The Balaban J connectivity index is 1.57. The number of fused-ring (bicyclic) bond motifs is 1. The van der Waals surface area contributed by atoms with E-state index in [1.807, 2.05) is 13.8 Å². The van der Waals surface area contributed by atoms with Crippen LogP contribution in [0.15, 0.2) is 30.3 Å². The highest BCUT2D eigenvalue weighted by molar-refractivity contribution is 7.13. The Morgan fingerprint density at radius 2 is 1.83 bits per heavy atom. The Bertz CT molecular complexity index is 739. The van der Waals surface area contributed by atoms with E-state index in [9.17, 15) is 4.79 Å². The molecular formula is C20H24N2OS. The molecule has 1 amide bonds. The highest BCUT2D eigenvalue weighted by atomic mass is 32.1. The maximum absolute atomic E-state index is 12.8. The second-order valence-electron chi connectivity index (χ2n) is 7.20. The molecule has 2 saturated carbocycles. The molecule has 2 aliphatic carbocycles. The quantitative estimate of drug-likeness (QED) is 0.896. The fraction of sp³-hybridized carbons (Fsp3) is 0.500. The summed E-state index contributed by atoms with van der Waals surface area (Å²) in [5.74, 6) is 1.90. The molecule has 1 aromatic heterocycles. The highest BCUT2D eigenvalue weighted by Gasteiger charge is 2.51. The van der Waals surface area contributed by atoms with Crippen molar-refractivity contribution >= 4 is 17.2 Å². The van der Waals surface area contributed by atoms with Crippen molar-refractivity contribution in [1.82, 2.24) is 10.3 Å². The van der Waals surface area contributed by atoms with Crippen molar-refractivity contribution in [2.24, 2.45) is 11.8 Å². The van der Waals surface area contributed by atoms with Crippen LogP contribution in [0.4, 0.5) is 0 Å². The van der Waals surface area contributed by atoms with Gasteiger partial charge < -0.3 is 5.32 Å². The number of benzene rings is 1. The lowest BCUT2D eigenvalue weighted by Crippen LogP contribution is -2.59. The summed E-state index contributed by atoms with van der Waals surface area (Å²) in [5.41, 5.74) is 2.23. The van der Waals surface area contributed by atoms with Gasteiger partial charge in [-0.3, -0.25) is 4.79 Å². The summed E-state index contributed by atoms with van der Waals surface area (Å²) in [6, 6.07) is 11.0. The lowest BCUT2D eigenvalue weighted by molar-refractivity contribution is 0.0253. The standard InChI is InChI=1S/C20H24N2OS/c1-12-19(24-13(2)21-12)20(23)22-18-16-11-7-6-10-15(16)17(18)14-8-4-3-5-9-14/h3-5,8-9,15-18H,6-7,10-11H2,1-2H3,(H,22,23)/t15-,16-,17+,18+/m1/s1. The third-order valence-corrected chi connectivity index (χ3v) is 6.85. The number of amides is 1. The zero-order valence-corrected chi connectivity index (χ0v) is 15.1. The smallest absolute Gasteiger partial charge is 0.263 e. The summed E-state index contributed by atoms with van der Waals surface area (Å²) in [6.45, 7) is 3.89. The number of nitrogens with one attached hydrogen (secondary N) is 1. The molecule has 2 aromatic rings. The average Bonchev–Trinajstić information content (AvgIpc) is 2.92. The summed E-state index contributed by atoms with van der Waals surface area (Å²) >= 11 is 1.50. The molecule has 1 heterocycles. The van der Waals surface area contributed by atoms with E-state index in [2.05, 4.69) is 40.6 Å². The Morgan fingerprint density at radius 1 is 1.12 bits per heavy atom. The van der Waals surface area contributed by atoms with Gasteiger partial charge in [0.05, 0.1) is 10.7 Å². The number of carbonyl (C=O) groups excluding carboxylic acids is 1. The van der Waals surface area contributed by atoms with E-state index in [4.69, 9.17) is 0 Å². The third-order valence-electron chi connectivity index (χ3n) is 5.78. The van der Waals surface area contributed by atoms with Crippen molar-refractivity contribution in [3.05, 3.63) is 51.5 Å². The Morgan fingerprint density at radius 3 is 2.50 bits per heavy atom. The van der Waals surface area contributed by atoms with Crippen LogP contribution in [-0.2, 0) is 0 Å². The number of hydrogen-bond donors (Lipinski definition) is 1. The molecule has 1 N–H and O–H groups in total. The molecule has 2 fully saturated rings. The molecule has 2 aliphatic rings. The minimum Gasteiger partial charge on any atom is -0.348 e. The summed E-state index contributed by atoms with van der Waals surface area (Å²) in [5, 5.41) is 4.33. The zero-order chi connectivity index (χ0) is 16.7. The minimum atomic E-state index is 0.0630. The van der Waals surface area contributed by atoms with Crippen LogP contribution in [0.5, 0.6) is 0 Å². The third kappa shape index (κ3) is 2.67. The van der Waals surface area contributed by atoms with Crippen molar-refractivity contribution in [3.8, 4) is 0 Å². The number of hydrogen-bond acceptors (Lipinski definition) is 3. The van der Waals surface area contributed by atoms with E-state index in [0.717, 1.165) is 21.5 Å². The van der Waals surface area contributed by atoms with Crippen LogP contribution in [-0.4, -0.2) is 16.9 Å². The van der Waals surface area contributed by atoms with Gasteiger partial charge in [0, 0.05) is 12.0 Å². The molecule has 4 heteroatoms. The van der Waals surface area contributed by atoms with E-state index in [1.165, 1.54) is 42.6 Å². The molecule has 126 valence electrons. The van der Waals surface area contributed by atoms with Crippen LogP contribution >= 0.6 is 11.3 Å². The first-order chi connectivity index (χ1) is 11.6. The first-order valence-corrected chi connectivity index (χ1v) is 9.76. The molecule has 3 nitrogen and oxygen atoms in total. The summed E-state index contributed by atoms with van der Waals surface area (Å²) < 4.78 is 0. The molecule has 0 radical (unpaired) electrons. The molecule has 24 heavy (non-hydrogen) atoms. The van der Waals surface area contributed by atoms with Crippen molar-refractivity contribution in [3.63, 3.8) is 0 Å². The summed E-state index contributed by atoms with van der Waals surface area (Å²) in [7, 11) is 0. The summed E-state index contributed by atoms with van der Waals surface area (Å²) in [6.07, 6.45) is 5.18. The van der Waals surface area contributed by atoms with E-state index in [0.29, 0.717) is 11.8 Å². The van der Waals surface area contributed by atoms with Crippen LogP contribution in [0.3, 0.4) is 0 Å². The summed E-state index contributed by atoms with van der Waals surface area (Å²) in [4.78, 5) is 18.0. The first-order valence-electron chi connectivity index (χ1n) is 8.95. The molecule has 0 bridgehead atoms. The molecule has 1 aromatic carbocycles. The van der Waals surface area contributed by atoms with Gasteiger partial charge in [-0.15, -0.1) is 11.3 Å². The van der Waals surface area contributed by atoms with Crippen LogP contribution in [0.25, 0.3) is 0 Å². The van der Waals surface area contributed by atoms with Gasteiger partial charge in [0.1, 0.15) is 4.88 Å². The predicted octanol–water partition coefficient (Wildman–Crippen LogP) is 4.46. The van der Waals surface area contributed by atoms with Crippen LogP contribution in [0.1, 0.15) is 57.5 Å². The van der Waals surface area contributed by atoms with E-state index in [1.54, 1.807) is 0 Å². The van der Waals surface area contributed by atoms with E-state index >= 15 is 0 Å². The lowest BCUT2D eigenvalue weighted by Gasteiger charge is -2.55. The van der Waals surface area contributed by atoms with Gasteiger partial charge in [0.15, 0.2) is 0 Å². The SMILES string of the molecule is Cc1nc(C)c(C(=O)N[C@H]2[C@@H]3CCCC[C@H]3[C@@H]2c2ccccc2)s1. The number of aryl methyl sites for hydroxylation is 2.